The first-order valence-electron chi connectivity index (χ1n) is 9.83. The summed E-state index contributed by atoms with van der Waals surface area (Å²) in [6.45, 7) is -0.412. The minimum atomic E-state index is -0.512. The van der Waals surface area contributed by atoms with E-state index in [-0.39, 0.29) is 23.6 Å². The number of fused-ring (bicyclic) bond motifs is 2. The van der Waals surface area contributed by atoms with Crippen LogP contribution in [0.2, 0.25) is 0 Å². The Balaban J connectivity index is 1.32. The van der Waals surface area contributed by atoms with Gasteiger partial charge in [0.15, 0.2) is 18.2 Å². The summed E-state index contributed by atoms with van der Waals surface area (Å²) < 4.78 is 5.02. The van der Waals surface area contributed by atoms with Crippen LogP contribution in [-0.4, -0.2) is 30.0 Å². The molecule has 1 aliphatic carbocycles. The van der Waals surface area contributed by atoms with Crippen LogP contribution < -0.4 is 5.32 Å². The fourth-order valence-corrected chi connectivity index (χ4v) is 4.21. The molecule has 0 atom stereocenters. The maximum atomic E-state index is 12.8. The monoisotopic (exact) mass is 433 g/mol. The molecular weight excluding hydrogens is 414 g/mol. The van der Waals surface area contributed by atoms with Crippen LogP contribution in [-0.2, 0) is 20.7 Å². The summed E-state index contributed by atoms with van der Waals surface area (Å²) in [5.41, 5.74) is 1.63. The SMILES string of the molecule is O=C(COC(=O)CCCc1cccs1)Nc1ccc2c(c1)C(=O)c1ccccc1C2=O. The molecule has 3 aromatic rings. The van der Waals surface area contributed by atoms with Crippen LogP contribution in [0.3, 0.4) is 0 Å². The molecule has 2 aromatic carbocycles. The summed E-state index contributed by atoms with van der Waals surface area (Å²) in [6, 6.07) is 15.2. The highest BCUT2D eigenvalue weighted by Crippen LogP contribution is 2.29. The van der Waals surface area contributed by atoms with Gasteiger partial charge in [-0.2, -0.15) is 0 Å². The first kappa shape index (κ1) is 20.7. The Bertz CT molecular complexity index is 1170. The van der Waals surface area contributed by atoms with Gasteiger partial charge in [-0.05, 0) is 42.5 Å². The minimum Gasteiger partial charge on any atom is -0.456 e. The van der Waals surface area contributed by atoms with E-state index in [2.05, 4.69) is 5.32 Å². The van der Waals surface area contributed by atoms with Gasteiger partial charge in [0.2, 0.25) is 0 Å². The molecule has 0 radical (unpaired) electrons. The normalized spacial score (nSPS) is 12.1. The number of hydrogen-bond donors (Lipinski definition) is 1. The molecule has 0 saturated carbocycles. The second-order valence-electron chi connectivity index (χ2n) is 7.11. The van der Waals surface area contributed by atoms with Gasteiger partial charge in [-0.3, -0.25) is 19.2 Å². The molecule has 7 heteroatoms. The summed E-state index contributed by atoms with van der Waals surface area (Å²) in [5, 5.41) is 4.59. The number of rotatable bonds is 7. The van der Waals surface area contributed by atoms with Crippen LogP contribution >= 0.6 is 11.3 Å². The molecule has 0 saturated heterocycles. The van der Waals surface area contributed by atoms with Crippen LogP contribution in [0.1, 0.15) is 49.6 Å². The summed E-state index contributed by atoms with van der Waals surface area (Å²) in [6.07, 6.45) is 1.69. The quantitative estimate of drug-likeness (QED) is 0.445. The van der Waals surface area contributed by atoms with Crippen LogP contribution in [0.15, 0.2) is 60.0 Å². The van der Waals surface area contributed by atoms with Gasteiger partial charge in [0.1, 0.15) is 0 Å². The average Bonchev–Trinajstić information content (AvgIpc) is 3.29. The van der Waals surface area contributed by atoms with Crippen molar-refractivity contribution < 1.29 is 23.9 Å². The molecule has 4 rings (SSSR count). The van der Waals surface area contributed by atoms with E-state index in [9.17, 15) is 19.2 Å². The Morgan fingerprint density at radius 3 is 2.29 bits per heavy atom. The number of benzene rings is 2. The van der Waals surface area contributed by atoms with Crippen molar-refractivity contribution in [2.75, 3.05) is 11.9 Å². The first-order chi connectivity index (χ1) is 15.0. The van der Waals surface area contributed by atoms with Gasteiger partial charge in [0, 0.05) is 39.2 Å². The Hall–Kier alpha value is -3.58. The van der Waals surface area contributed by atoms with Crippen molar-refractivity contribution in [3.63, 3.8) is 0 Å². The lowest BCUT2D eigenvalue weighted by molar-refractivity contribution is -0.147. The summed E-state index contributed by atoms with van der Waals surface area (Å²) in [5.74, 6) is -1.44. The van der Waals surface area contributed by atoms with E-state index in [0.717, 1.165) is 6.42 Å². The number of esters is 1. The van der Waals surface area contributed by atoms with Crippen molar-refractivity contribution in [3.8, 4) is 0 Å². The third kappa shape index (κ3) is 4.62. The highest BCUT2D eigenvalue weighted by Gasteiger charge is 2.29. The maximum Gasteiger partial charge on any atom is 0.306 e. The molecule has 156 valence electrons. The van der Waals surface area contributed by atoms with Crippen molar-refractivity contribution in [1.82, 2.24) is 0 Å². The van der Waals surface area contributed by atoms with Crippen molar-refractivity contribution in [3.05, 3.63) is 87.1 Å². The number of hydrogen-bond acceptors (Lipinski definition) is 6. The number of thiophene rings is 1. The lowest BCUT2D eigenvalue weighted by atomic mass is 9.84. The van der Waals surface area contributed by atoms with Crippen LogP contribution in [0.5, 0.6) is 0 Å². The number of ether oxygens (including phenoxy) is 1. The topological polar surface area (TPSA) is 89.5 Å². The van der Waals surface area contributed by atoms with Gasteiger partial charge in [0.25, 0.3) is 5.91 Å². The Labute approximate surface area is 182 Å². The van der Waals surface area contributed by atoms with E-state index < -0.39 is 18.5 Å². The fraction of sp³-hybridized carbons (Fsp3) is 0.167. The largest absolute Gasteiger partial charge is 0.456 e. The predicted molar refractivity (Wildman–Crippen MR) is 117 cm³/mol. The molecule has 0 spiro atoms. The lowest BCUT2D eigenvalue weighted by Gasteiger charge is -2.18. The molecule has 0 aliphatic heterocycles. The molecule has 0 unspecified atom stereocenters. The van der Waals surface area contributed by atoms with Crippen LogP contribution in [0, 0.1) is 0 Å². The highest BCUT2D eigenvalue weighted by atomic mass is 32.1. The number of anilines is 1. The smallest absolute Gasteiger partial charge is 0.306 e. The number of ketones is 2. The molecule has 0 bridgehead atoms. The lowest BCUT2D eigenvalue weighted by Crippen LogP contribution is -2.23. The van der Waals surface area contributed by atoms with E-state index in [1.165, 1.54) is 17.0 Å². The maximum absolute atomic E-state index is 12.8. The number of carbonyl (C=O) groups is 4. The van der Waals surface area contributed by atoms with E-state index >= 15 is 0 Å². The molecule has 1 heterocycles. The minimum absolute atomic E-state index is 0.223. The zero-order valence-electron chi connectivity index (χ0n) is 16.6. The standard InChI is InChI=1S/C24H19NO5S/c26-21(14-30-22(27)9-3-5-16-6-4-12-31-16)25-15-10-11-19-20(13-15)24(29)18-8-2-1-7-17(18)23(19)28/h1-2,4,6-8,10-13H,3,5,9,14H2,(H,25,26). The third-order valence-electron chi connectivity index (χ3n) is 4.96. The molecule has 1 aromatic heterocycles. The van der Waals surface area contributed by atoms with Crippen molar-refractivity contribution in [2.45, 2.75) is 19.3 Å². The molecular formula is C24H19NO5S. The zero-order valence-corrected chi connectivity index (χ0v) is 17.4. The molecule has 31 heavy (non-hydrogen) atoms. The van der Waals surface area contributed by atoms with Gasteiger partial charge in [-0.1, -0.05) is 30.3 Å². The van der Waals surface area contributed by atoms with E-state index in [1.807, 2.05) is 17.5 Å². The van der Waals surface area contributed by atoms with Gasteiger partial charge in [-0.15, -0.1) is 11.3 Å². The van der Waals surface area contributed by atoms with Gasteiger partial charge < -0.3 is 10.1 Å². The van der Waals surface area contributed by atoms with Crippen LogP contribution in [0.4, 0.5) is 5.69 Å². The number of nitrogens with one attached hydrogen (secondary N) is 1. The highest BCUT2D eigenvalue weighted by molar-refractivity contribution is 7.09. The van der Waals surface area contributed by atoms with E-state index in [1.54, 1.807) is 41.7 Å². The Morgan fingerprint density at radius 1 is 0.871 bits per heavy atom. The average molecular weight is 433 g/mol. The number of aryl methyl sites for hydroxylation is 1. The fourth-order valence-electron chi connectivity index (χ4n) is 3.45. The second-order valence-corrected chi connectivity index (χ2v) is 8.14. The Kier molecular flexibility index (Phi) is 6.04. The van der Waals surface area contributed by atoms with Gasteiger partial charge in [-0.25, -0.2) is 0 Å². The second kappa shape index (κ2) is 9.06. The number of amides is 1. The molecule has 0 fully saturated rings. The van der Waals surface area contributed by atoms with Crippen molar-refractivity contribution in [2.24, 2.45) is 0 Å². The molecule has 1 N–H and O–H groups in total. The molecule has 1 aliphatic rings. The van der Waals surface area contributed by atoms with Crippen molar-refractivity contribution in [1.29, 1.82) is 0 Å². The zero-order chi connectivity index (χ0) is 21.8. The molecule has 6 nitrogen and oxygen atoms in total. The summed E-state index contributed by atoms with van der Waals surface area (Å²) in [7, 11) is 0. The summed E-state index contributed by atoms with van der Waals surface area (Å²) in [4.78, 5) is 50.6. The van der Waals surface area contributed by atoms with Gasteiger partial charge in [0.05, 0.1) is 0 Å². The van der Waals surface area contributed by atoms with Gasteiger partial charge >= 0.3 is 5.97 Å². The van der Waals surface area contributed by atoms with Crippen LogP contribution in [0.25, 0.3) is 0 Å². The Morgan fingerprint density at radius 2 is 1.58 bits per heavy atom. The third-order valence-corrected chi connectivity index (χ3v) is 5.89. The van der Waals surface area contributed by atoms with Crippen molar-refractivity contribution >= 4 is 40.5 Å². The predicted octanol–water partition coefficient (Wildman–Crippen LogP) is 4.03. The molecule has 1 amide bonds. The summed E-state index contributed by atoms with van der Waals surface area (Å²) >= 11 is 1.64. The van der Waals surface area contributed by atoms with E-state index in [0.29, 0.717) is 28.8 Å². The number of carbonyl (C=O) groups excluding carboxylic acids is 4. The first-order valence-corrected chi connectivity index (χ1v) is 10.7. The van der Waals surface area contributed by atoms with E-state index in [4.69, 9.17) is 4.74 Å².